The van der Waals surface area contributed by atoms with Gasteiger partial charge in [0.2, 0.25) is 11.7 Å². The number of amides is 1. The molecule has 0 radical (unpaired) electrons. The highest BCUT2D eigenvalue weighted by atomic mass is 32.2. The lowest BCUT2D eigenvalue weighted by atomic mass is 9.95. The van der Waals surface area contributed by atoms with E-state index in [1.54, 1.807) is 11.2 Å². The number of rotatable bonds is 8. The molecule has 0 unspecified atom stereocenters. The van der Waals surface area contributed by atoms with Gasteiger partial charge in [0.25, 0.3) is 0 Å². The number of hydrogen-bond acceptors (Lipinski definition) is 7. The van der Waals surface area contributed by atoms with Gasteiger partial charge in [0, 0.05) is 18.1 Å². The standard InChI is InChI=1S/C22H32N4O4S2/c1-3-16(2)25(18-11-13-32(28,29)15-18)20(27)14-31-22-24-23-21(19-10-7-12-30-19)26(22)17-8-5-4-6-9-17/h7,10,12,16-18H,3-6,8-9,11,13-15H2,1-2H3/t16-,18-/m0/s1. The molecule has 1 saturated carbocycles. The third kappa shape index (κ3) is 5.06. The van der Waals surface area contributed by atoms with Crippen LogP contribution in [-0.4, -0.2) is 63.3 Å². The first-order chi connectivity index (χ1) is 15.4. The van der Waals surface area contributed by atoms with Crippen LogP contribution >= 0.6 is 11.8 Å². The molecule has 2 aromatic heterocycles. The molecule has 2 aliphatic rings. The maximum absolute atomic E-state index is 13.3. The molecule has 0 spiro atoms. The quantitative estimate of drug-likeness (QED) is 0.528. The largest absolute Gasteiger partial charge is 0.461 e. The molecule has 2 aromatic rings. The van der Waals surface area contributed by atoms with Crippen LogP contribution in [-0.2, 0) is 14.6 Å². The second-order valence-electron chi connectivity index (χ2n) is 8.85. The van der Waals surface area contributed by atoms with E-state index < -0.39 is 9.84 Å². The van der Waals surface area contributed by atoms with Crippen molar-refractivity contribution in [2.45, 2.75) is 82.1 Å². The molecular weight excluding hydrogens is 448 g/mol. The van der Waals surface area contributed by atoms with Crippen molar-refractivity contribution in [1.82, 2.24) is 19.7 Å². The topological polar surface area (TPSA) is 98.3 Å². The molecule has 1 amide bonds. The number of furan rings is 1. The number of carbonyl (C=O) groups excluding carboxylic acids is 1. The van der Waals surface area contributed by atoms with Gasteiger partial charge in [0.1, 0.15) is 0 Å². The molecular formula is C22H32N4O4S2. The SMILES string of the molecule is CC[C@H](C)N(C(=O)CSc1nnc(-c2ccco2)n1C1CCCCC1)[C@H]1CCS(=O)(=O)C1. The number of sulfone groups is 1. The van der Waals surface area contributed by atoms with Crippen LogP contribution in [0.5, 0.6) is 0 Å². The van der Waals surface area contributed by atoms with Gasteiger partial charge in [0.05, 0.1) is 23.5 Å². The van der Waals surface area contributed by atoms with Crippen molar-refractivity contribution >= 4 is 27.5 Å². The summed E-state index contributed by atoms with van der Waals surface area (Å²) in [5.41, 5.74) is 0. The zero-order valence-corrected chi connectivity index (χ0v) is 20.4. The summed E-state index contributed by atoms with van der Waals surface area (Å²) in [6, 6.07) is 3.77. The van der Waals surface area contributed by atoms with Gasteiger partial charge in [-0.3, -0.25) is 9.36 Å². The van der Waals surface area contributed by atoms with E-state index in [4.69, 9.17) is 4.42 Å². The molecule has 32 heavy (non-hydrogen) atoms. The molecule has 10 heteroatoms. The average molecular weight is 481 g/mol. The molecule has 4 rings (SSSR count). The van der Waals surface area contributed by atoms with Crippen molar-refractivity contribution in [3.05, 3.63) is 18.4 Å². The molecule has 0 aromatic carbocycles. The van der Waals surface area contributed by atoms with Crippen molar-refractivity contribution in [2.75, 3.05) is 17.3 Å². The molecule has 0 bridgehead atoms. The van der Waals surface area contributed by atoms with E-state index in [1.165, 1.54) is 31.0 Å². The van der Waals surface area contributed by atoms with Gasteiger partial charge in [-0.1, -0.05) is 37.9 Å². The van der Waals surface area contributed by atoms with Crippen LogP contribution in [0.1, 0.15) is 64.8 Å². The summed E-state index contributed by atoms with van der Waals surface area (Å²) in [5, 5.41) is 9.53. The third-order valence-electron chi connectivity index (χ3n) is 6.63. The Morgan fingerprint density at radius 2 is 2.06 bits per heavy atom. The summed E-state index contributed by atoms with van der Waals surface area (Å²) in [6.07, 6.45) is 8.63. The molecule has 0 N–H and O–H groups in total. The van der Waals surface area contributed by atoms with E-state index in [9.17, 15) is 13.2 Å². The van der Waals surface area contributed by atoms with Crippen molar-refractivity contribution in [1.29, 1.82) is 0 Å². The van der Waals surface area contributed by atoms with Crippen molar-refractivity contribution in [2.24, 2.45) is 0 Å². The molecule has 8 nitrogen and oxygen atoms in total. The van der Waals surface area contributed by atoms with Crippen LogP contribution in [0, 0.1) is 0 Å². The number of nitrogens with zero attached hydrogens (tertiary/aromatic N) is 4. The maximum atomic E-state index is 13.3. The minimum atomic E-state index is -3.06. The van der Waals surface area contributed by atoms with Gasteiger partial charge >= 0.3 is 0 Å². The van der Waals surface area contributed by atoms with Crippen molar-refractivity contribution in [3.63, 3.8) is 0 Å². The molecule has 2 fully saturated rings. The lowest BCUT2D eigenvalue weighted by molar-refractivity contribution is -0.132. The van der Waals surface area contributed by atoms with Gasteiger partial charge < -0.3 is 9.32 Å². The number of aromatic nitrogens is 3. The number of thioether (sulfide) groups is 1. The molecule has 3 heterocycles. The second kappa shape index (κ2) is 9.99. The molecule has 1 saturated heterocycles. The van der Waals surface area contributed by atoms with Crippen LogP contribution in [0.2, 0.25) is 0 Å². The highest BCUT2D eigenvalue weighted by molar-refractivity contribution is 7.99. The Labute approximate surface area is 194 Å². The molecule has 2 atom stereocenters. The number of hydrogen-bond donors (Lipinski definition) is 0. The highest BCUT2D eigenvalue weighted by Crippen LogP contribution is 2.36. The van der Waals surface area contributed by atoms with Gasteiger partial charge in [-0.2, -0.15) is 0 Å². The Hall–Kier alpha value is -1.81. The third-order valence-corrected chi connectivity index (χ3v) is 9.30. The van der Waals surface area contributed by atoms with E-state index in [-0.39, 0.29) is 35.2 Å². The fraction of sp³-hybridized carbons (Fsp3) is 0.682. The average Bonchev–Trinajstić information content (AvgIpc) is 3.52. The summed E-state index contributed by atoms with van der Waals surface area (Å²) < 4.78 is 31.8. The molecule has 176 valence electrons. The van der Waals surface area contributed by atoms with Gasteiger partial charge in [-0.15, -0.1) is 10.2 Å². The minimum absolute atomic E-state index is 0.00343. The molecule has 1 aliphatic carbocycles. The Balaban J connectivity index is 1.53. The Morgan fingerprint density at radius 3 is 2.69 bits per heavy atom. The lowest BCUT2D eigenvalue weighted by Crippen LogP contribution is -2.47. The lowest BCUT2D eigenvalue weighted by Gasteiger charge is -2.33. The predicted octanol–water partition coefficient (Wildman–Crippen LogP) is 3.95. The van der Waals surface area contributed by atoms with E-state index in [1.807, 2.05) is 26.0 Å². The second-order valence-corrected chi connectivity index (χ2v) is 12.0. The first-order valence-electron chi connectivity index (χ1n) is 11.5. The Kier molecular flexibility index (Phi) is 7.29. The monoisotopic (exact) mass is 480 g/mol. The predicted molar refractivity (Wildman–Crippen MR) is 124 cm³/mol. The first-order valence-corrected chi connectivity index (χ1v) is 14.3. The zero-order chi connectivity index (χ0) is 22.7. The Bertz CT molecular complexity index is 1010. The first kappa shape index (κ1) is 23.4. The zero-order valence-electron chi connectivity index (χ0n) is 18.8. The fourth-order valence-electron chi connectivity index (χ4n) is 4.82. The summed E-state index contributed by atoms with van der Waals surface area (Å²) >= 11 is 1.39. The van der Waals surface area contributed by atoms with E-state index in [0.717, 1.165) is 24.4 Å². The Morgan fingerprint density at radius 1 is 1.28 bits per heavy atom. The maximum Gasteiger partial charge on any atom is 0.233 e. The van der Waals surface area contributed by atoms with Crippen LogP contribution in [0.3, 0.4) is 0 Å². The van der Waals surface area contributed by atoms with Crippen LogP contribution in [0.15, 0.2) is 28.0 Å². The van der Waals surface area contributed by atoms with Gasteiger partial charge in [-0.05, 0) is 44.7 Å². The summed E-state index contributed by atoms with van der Waals surface area (Å²) in [4.78, 5) is 15.1. The van der Waals surface area contributed by atoms with E-state index in [2.05, 4.69) is 14.8 Å². The summed E-state index contributed by atoms with van der Waals surface area (Å²) in [5.74, 6) is 1.78. The normalized spacial score (nSPS) is 22.1. The highest BCUT2D eigenvalue weighted by Gasteiger charge is 2.36. The van der Waals surface area contributed by atoms with Crippen LogP contribution in [0.4, 0.5) is 0 Å². The van der Waals surface area contributed by atoms with Crippen molar-refractivity contribution in [3.8, 4) is 11.6 Å². The minimum Gasteiger partial charge on any atom is -0.461 e. The van der Waals surface area contributed by atoms with Crippen molar-refractivity contribution < 1.29 is 17.6 Å². The molecule has 1 aliphatic heterocycles. The fourth-order valence-corrected chi connectivity index (χ4v) is 7.41. The summed E-state index contributed by atoms with van der Waals surface area (Å²) in [7, 11) is -3.06. The smallest absolute Gasteiger partial charge is 0.233 e. The van der Waals surface area contributed by atoms with E-state index >= 15 is 0 Å². The van der Waals surface area contributed by atoms with Crippen LogP contribution in [0.25, 0.3) is 11.6 Å². The summed E-state index contributed by atoms with van der Waals surface area (Å²) in [6.45, 7) is 4.02. The van der Waals surface area contributed by atoms with Gasteiger partial charge in [0.15, 0.2) is 20.8 Å². The van der Waals surface area contributed by atoms with Gasteiger partial charge in [-0.25, -0.2) is 8.42 Å². The number of carbonyl (C=O) groups is 1. The van der Waals surface area contributed by atoms with Crippen LogP contribution < -0.4 is 0 Å². The van der Waals surface area contributed by atoms with E-state index in [0.29, 0.717) is 24.0 Å².